The highest BCUT2D eigenvalue weighted by molar-refractivity contribution is 7.92. The largest absolute Gasteiger partial charge is 0.346 e. The van der Waals surface area contributed by atoms with Crippen LogP contribution in [0.15, 0.2) is 53.6 Å². The maximum atomic E-state index is 15.4. The van der Waals surface area contributed by atoms with Crippen LogP contribution >= 0.6 is 11.6 Å². The van der Waals surface area contributed by atoms with Crippen molar-refractivity contribution in [3.05, 3.63) is 81.8 Å². The van der Waals surface area contributed by atoms with Crippen molar-refractivity contribution in [3.63, 3.8) is 0 Å². The Morgan fingerprint density at radius 2 is 2.11 bits per heavy atom. The number of ether oxygens (including phenoxy) is 1. The number of hydrogen-bond acceptors (Lipinski definition) is 7. The molecule has 3 aromatic rings. The van der Waals surface area contributed by atoms with E-state index in [0.717, 1.165) is 30.2 Å². The van der Waals surface area contributed by atoms with Gasteiger partial charge in [0.1, 0.15) is 16.5 Å². The SMILES string of the molecule is CC(c1cccc2c1CNCC2)N1c2cc(F)c(S(=O)(=O)Nc3cc(Cl)ccn3)cc2COC1C=O. The second-order valence-electron chi connectivity index (χ2n) is 8.71. The van der Waals surface area contributed by atoms with Gasteiger partial charge in [0, 0.05) is 35.1 Å². The van der Waals surface area contributed by atoms with Gasteiger partial charge in [0.05, 0.1) is 12.6 Å². The number of sulfonamides is 1. The second kappa shape index (κ2) is 9.78. The fraction of sp³-hybridized carbons (Fsp3) is 0.280. The molecule has 2 aliphatic rings. The summed E-state index contributed by atoms with van der Waals surface area (Å²) < 4.78 is 49.4. The minimum absolute atomic E-state index is 0.0328. The van der Waals surface area contributed by atoms with Gasteiger partial charge in [0.2, 0.25) is 0 Å². The summed E-state index contributed by atoms with van der Waals surface area (Å²) in [5.74, 6) is -0.988. The number of carbonyl (C=O) groups excluding carboxylic acids is 1. The van der Waals surface area contributed by atoms with Crippen molar-refractivity contribution in [2.24, 2.45) is 0 Å². The quantitative estimate of drug-likeness (QED) is 0.465. The van der Waals surface area contributed by atoms with Crippen molar-refractivity contribution >= 4 is 39.4 Å². The van der Waals surface area contributed by atoms with Crippen LogP contribution in [0, 0.1) is 5.82 Å². The van der Waals surface area contributed by atoms with E-state index in [9.17, 15) is 13.2 Å². The molecule has 2 N–H and O–H groups in total. The van der Waals surface area contributed by atoms with E-state index in [4.69, 9.17) is 16.3 Å². The highest BCUT2D eigenvalue weighted by Gasteiger charge is 2.35. The maximum Gasteiger partial charge on any atom is 0.265 e. The minimum Gasteiger partial charge on any atom is -0.346 e. The molecule has 2 atom stereocenters. The zero-order valence-electron chi connectivity index (χ0n) is 19.4. The van der Waals surface area contributed by atoms with Gasteiger partial charge in [-0.3, -0.25) is 9.52 Å². The normalized spacial score (nSPS) is 18.2. The Balaban J connectivity index is 1.54. The number of hydrogen-bond donors (Lipinski definition) is 2. The Morgan fingerprint density at radius 3 is 2.89 bits per heavy atom. The molecule has 3 heterocycles. The molecule has 0 radical (unpaired) electrons. The van der Waals surface area contributed by atoms with Crippen molar-refractivity contribution < 1.29 is 22.3 Å². The molecule has 0 fully saturated rings. The number of halogens is 2. The summed E-state index contributed by atoms with van der Waals surface area (Å²) in [6.45, 7) is 3.46. The molecule has 2 aliphatic heterocycles. The first-order valence-corrected chi connectivity index (χ1v) is 13.3. The van der Waals surface area contributed by atoms with E-state index >= 15 is 4.39 Å². The molecular weight excluding hydrogens is 507 g/mol. The predicted octanol–water partition coefficient (Wildman–Crippen LogP) is 3.94. The molecule has 11 heteroatoms. The number of pyridine rings is 1. The summed E-state index contributed by atoms with van der Waals surface area (Å²) >= 11 is 5.91. The third-order valence-corrected chi connectivity index (χ3v) is 8.12. The molecule has 5 rings (SSSR count). The highest BCUT2D eigenvalue weighted by Crippen LogP contribution is 2.39. The van der Waals surface area contributed by atoms with Crippen LogP contribution in [0.3, 0.4) is 0 Å². The molecule has 8 nitrogen and oxygen atoms in total. The molecular formula is C25H24ClFN4O4S. The third kappa shape index (κ3) is 4.57. The van der Waals surface area contributed by atoms with Crippen LogP contribution in [-0.4, -0.2) is 32.5 Å². The average Bonchev–Trinajstić information content (AvgIpc) is 2.86. The standard InChI is InChI=1S/C25H24ClFN4O4S/c1-15(19-4-2-3-16-5-7-28-12-20(16)19)31-22-11-21(27)23(9-17(22)14-35-25(31)13-32)36(33,34)30-24-10-18(26)6-8-29-24/h2-4,6,8-11,13,15,25,28H,5,7,12,14H2,1H3,(H,29,30). The Labute approximate surface area is 213 Å². The van der Waals surface area contributed by atoms with Gasteiger partial charge in [-0.15, -0.1) is 0 Å². The molecule has 2 aromatic carbocycles. The number of aromatic nitrogens is 1. The monoisotopic (exact) mass is 530 g/mol. The summed E-state index contributed by atoms with van der Waals surface area (Å²) in [7, 11) is -4.31. The predicted molar refractivity (Wildman–Crippen MR) is 134 cm³/mol. The van der Waals surface area contributed by atoms with Crippen LogP contribution in [0.25, 0.3) is 0 Å². The lowest BCUT2D eigenvalue weighted by atomic mass is 9.91. The van der Waals surface area contributed by atoms with Gasteiger partial charge in [-0.05, 0) is 54.8 Å². The van der Waals surface area contributed by atoms with Gasteiger partial charge in [-0.1, -0.05) is 29.8 Å². The van der Waals surface area contributed by atoms with E-state index in [1.165, 1.54) is 30.0 Å². The number of carbonyl (C=O) groups is 1. The van der Waals surface area contributed by atoms with E-state index in [0.29, 0.717) is 24.1 Å². The first-order chi connectivity index (χ1) is 17.3. The Bertz CT molecular complexity index is 1440. The van der Waals surface area contributed by atoms with Crippen molar-refractivity contribution in [2.75, 3.05) is 16.2 Å². The van der Waals surface area contributed by atoms with E-state index in [-0.39, 0.29) is 23.5 Å². The van der Waals surface area contributed by atoms with Crippen LogP contribution in [-0.2, 0) is 39.1 Å². The molecule has 2 unspecified atom stereocenters. The Kier molecular flexibility index (Phi) is 6.69. The van der Waals surface area contributed by atoms with E-state index in [1.807, 2.05) is 19.1 Å². The Morgan fingerprint density at radius 1 is 1.28 bits per heavy atom. The maximum absolute atomic E-state index is 15.4. The number of rotatable bonds is 6. The zero-order valence-corrected chi connectivity index (χ0v) is 20.9. The fourth-order valence-corrected chi connectivity index (χ4v) is 6.08. The minimum atomic E-state index is -4.31. The van der Waals surface area contributed by atoms with Crippen LogP contribution in [0.1, 0.15) is 35.2 Å². The van der Waals surface area contributed by atoms with E-state index in [1.54, 1.807) is 4.90 Å². The first-order valence-electron chi connectivity index (χ1n) is 11.4. The van der Waals surface area contributed by atoms with Crippen LogP contribution < -0.4 is 14.9 Å². The number of nitrogens with zero attached hydrogens (tertiary/aromatic N) is 2. The highest BCUT2D eigenvalue weighted by atomic mass is 35.5. The van der Waals surface area contributed by atoms with Crippen molar-refractivity contribution in [2.45, 2.75) is 43.7 Å². The molecule has 0 saturated heterocycles. The number of fused-ring (bicyclic) bond motifs is 2. The fourth-order valence-electron chi connectivity index (χ4n) is 4.81. The molecule has 0 amide bonds. The summed E-state index contributed by atoms with van der Waals surface area (Å²) in [6, 6.07) is 10.9. The van der Waals surface area contributed by atoms with E-state index in [2.05, 4.69) is 21.1 Å². The number of aldehydes is 1. The average molecular weight is 531 g/mol. The molecule has 0 spiro atoms. The molecule has 1 aromatic heterocycles. The summed E-state index contributed by atoms with van der Waals surface area (Å²) in [4.78, 5) is 17.0. The lowest BCUT2D eigenvalue weighted by molar-refractivity contribution is -0.120. The van der Waals surface area contributed by atoms with Gasteiger partial charge < -0.3 is 15.0 Å². The summed E-state index contributed by atoms with van der Waals surface area (Å²) in [6.07, 6.45) is 1.95. The smallest absolute Gasteiger partial charge is 0.265 e. The lowest BCUT2D eigenvalue weighted by Gasteiger charge is -2.41. The lowest BCUT2D eigenvalue weighted by Crippen LogP contribution is -2.44. The van der Waals surface area contributed by atoms with Gasteiger partial charge in [0.15, 0.2) is 12.5 Å². The van der Waals surface area contributed by atoms with Crippen LogP contribution in [0.4, 0.5) is 15.9 Å². The molecule has 0 saturated carbocycles. The van der Waals surface area contributed by atoms with Crippen LogP contribution in [0.2, 0.25) is 5.02 Å². The number of benzene rings is 2. The second-order valence-corrected chi connectivity index (χ2v) is 10.8. The molecule has 0 aliphatic carbocycles. The van der Waals surface area contributed by atoms with Gasteiger partial charge in [0.25, 0.3) is 10.0 Å². The van der Waals surface area contributed by atoms with Crippen LogP contribution in [0.5, 0.6) is 0 Å². The number of anilines is 2. The molecule has 36 heavy (non-hydrogen) atoms. The first kappa shape index (κ1) is 24.6. The van der Waals surface area contributed by atoms with Crippen molar-refractivity contribution in [1.29, 1.82) is 0 Å². The van der Waals surface area contributed by atoms with Gasteiger partial charge in [-0.25, -0.2) is 17.8 Å². The summed E-state index contributed by atoms with van der Waals surface area (Å²) in [5.41, 5.74) is 4.22. The van der Waals surface area contributed by atoms with Gasteiger partial charge >= 0.3 is 0 Å². The molecule has 0 bridgehead atoms. The topological polar surface area (TPSA) is 101 Å². The van der Waals surface area contributed by atoms with E-state index < -0.39 is 27.0 Å². The third-order valence-electron chi connectivity index (χ3n) is 6.51. The van der Waals surface area contributed by atoms with Crippen molar-refractivity contribution in [1.82, 2.24) is 10.3 Å². The van der Waals surface area contributed by atoms with Gasteiger partial charge in [-0.2, -0.15) is 0 Å². The molecule has 188 valence electrons. The zero-order chi connectivity index (χ0) is 25.4. The van der Waals surface area contributed by atoms with Crippen molar-refractivity contribution in [3.8, 4) is 0 Å². The summed E-state index contributed by atoms with van der Waals surface area (Å²) in [5, 5.41) is 3.66. The number of nitrogens with one attached hydrogen (secondary N) is 2. The Hall–Kier alpha value is -3.05.